The first-order valence-electron chi connectivity index (χ1n) is 18.9. The number of nitro benzene ring substituents is 1. The number of nitro groups is 1. The van der Waals surface area contributed by atoms with E-state index >= 15 is 0 Å². The zero-order valence-electron chi connectivity index (χ0n) is 30.1. The first-order valence-corrected chi connectivity index (χ1v) is 18.9. The van der Waals surface area contributed by atoms with Crippen LogP contribution in [0.3, 0.4) is 0 Å². The molecule has 3 aromatic rings. The smallest absolute Gasteiger partial charge is 0.338 e. The first kappa shape index (κ1) is 37.9. The normalized spacial score (nSPS) is 16.7. The topological polar surface area (TPSA) is 116 Å². The van der Waals surface area contributed by atoms with E-state index in [1.807, 2.05) is 31.2 Å². The van der Waals surface area contributed by atoms with E-state index in [1.54, 1.807) is 0 Å². The van der Waals surface area contributed by atoms with Crippen molar-refractivity contribution in [2.24, 2.45) is 11.8 Å². The van der Waals surface area contributed by atoms with Gasteiger partial charge >= 0.3 is 11.7 Å². The lowest BCUT2D eigenvalue weighted by molar-refractivity contribution is -0.386. The third-order valence-electron chi connectivity index (χ3n) is 10.5. The maximum absolute atomic E-state index is 12.1. The van der Waals surface area contributed by atoms with Gasteiger partial charge in [-0.2, -0.15) is 0 Å². The fraction of sp³-hybridized carbons (Fsp3) is 0.548. The number of anilines is 1. The van der Waals surface area contributed by atoms with Crippen molar-refractivity contribution in [3.8, 4) is 28.0 Å². The number of carboxylic acids is 1. The minimum Gasteiger partial charge on any atom is -0.483 e. The minimum absolute atomic E-state index is 0.0164. The van der Waals surface area contributed by atoms with Crippen LogP contribution >= 0.6 is 0 Å². The van der Waals surface area contributed by atoms with Crippen molar-refractivity contribution in [3.05, 3.63) is 75.8 Å². The summed E-state index contributed by atoms with van der Waals surface area (Å²) >= 11 is 0. The molecule has 1 atom stereocenters. The standard InChI is InChI=1S/C42H58N2O5/c1-4-6-8-10-13-30(3)49-41-38(44(47)48)29-37(42(45)46)40(43)39(41)36-27-25-35(26-28-36)34-23-21-33(22-24-34)16-12-11-15-32-19-17-31(18-20-32)14-9-7-5-2/h21-32H,4-20,43H2,1-3H3,(H,45,46)/t30-,31?,32?/m1/s1. The van der Waals surface area contributed by atoms with Crippen molar-refractivity contribution in [1.82, 2.24) is 0 Å². The van der Waals surface area contributed by atoms with Crippen LogP contribution in [-0.4, -0.2) is 22.1 Å². The summed E-state index contributed by atoms with van der Waals surface area (Å²) in [6.07, 6.45) is 20.9. The lowest BCUT2D eigenvalue weighted by atomic mass is 9.78. The molecule has 3 N–H and O–H groups in total. The molecule has 49 heavy (non-hydrogen) atoms. The number of nitrogens with zero attached hydrogens (tertiary/aromatic N) is 1. The Hall–Kier alpha value is -3.87. The SMILES string of the molecule is CCCCCC[C@@H](C)Oc1c([N+](=O)[O-])cc(C(=O)O)c(N)c1-c1ccc(-c2ccc(CCCCC3CCC(CCCCC)CC3)cc2)cc1. The molecule has 1 saturated carbocycles. The molecule has 0 saturated heterocycles. The van der Waals surface area contributed by atoms with E-state index in [9.17, 15) is 20.0 Å². The Morgan fingerprint density at radius 2 is 1.37 bits per heavy atom. The summed E-state index contributed by atoms with van der Waals surface area (Å²) in [5, 5.41) is 22.0. The predicted molar refractivity (Wildman–Crippen MR) is 201 cm³/mol. The molecule has 0 aromatic heterocycles. The zero-order chi connectivity index (χ0) is 35.2. The second kappa shape index (κ2) is 19.4. The van der Waals surface area contributed by atoms with Crippen LogP contribution in [0.1, 0.15) is 139 Å². The van der Waals surface area contributed by atoms with E-state index in [4.69, 9.17) is 10.5 Å². The second-order valence-corrected chi connectivity index (χ2v) is 14.3. The number of aromatic carboxylic acids is 1. The Kier molecular flexibility index (Phi) is 15.0. The molecule has 1 fully saturated rings. The highest BCUT2D eigenvalue weighted by atomic mass is 16.6. The van der Waals surface area contributed by atoms with Crippen LogP contribution in [-0.2, 0) is 6.42 Å². The molecule has 0 heterocycles. The molecule has 0 amide bonds. The number of nitrogen functional groups attached to an aromatic ring is 1. The van der Waals surface area contributed by atoms with Crippen LogP contribution in [0.15, 0.2) is 54.6 Å². The molecule has 0 aliphatic heterocycles. The van der Waals surface area contributed by atoms with Gasteiger partial charge in [-0.1, -0.05) is 146 Å². The Bertz CT molecular complexity index is 1480. The number of carbonyl (C=O) groups is 1. The lowest BCUT2D eigenvalue weighted by Gasteiger charge is -2.28. The van der Waals surface area contributed by atoms with Gasteiger partial charge in [0, 0.05) is 6.07 Å². The Balaban J connectivity index is 1.40. The Morgan fingerprint density at radius 3 is 1.92 bits per heavy atom. The van der Waals surface area contributed by atoms with Gasteiger partial charge in [0.05, 0.1) is 27.8 Å². The lowest BCUT2D eigenvalue weighted by Crippen LogP contribution is -2.15. The molecule has 7 nitrogen and oxygen atoms in total. The summed E-state index contributed by atoms with van der Waals surface area (Å²) in [6.45, 7) is 6.32. The van der Waals surface area contributed by atoms with Crippen LogP contribution in [0.4, 0.5) is 11.4 Å². The number of unbranched alkanes of at least 4 members (excludes halogenated alkanes) is 6. The highest BCUT2D eigenvalue weighted by Gasteiger charge is 2.29. The van der Waals surface area contributed by atoms with Gasteiger partial charge in [0.2, 0.25) is 5.75 Å². The quantitative estimate of drug-likeness (QED) is 0.0535. The average molecular weight is 671 g/mol. The van der Waals surface area contributed by atoms with Crippen molar-refractivity contribution in [2.75, 3.05) is 5.73 Å². The maximum atomic E-state index is 12.1. The highest BCUT2D eigenvalue weighted by Crippen LogP contribution is 2.45. The van der Waals surface area contributed by atoms with Gasteiger partial charge in [0.1, 0.15) is 0 Å². The largest absolute Gasteiger partial charge is 0.483 e. The van der Waals surface area contributed by atoms with Crippen LogP contribution in [0.2, 0.25) is 0 Å². The maximum Gasteiger partial charge on any atom is 0.338 e. The third-order valence-corrected chi connectivity index (χ3v) is 10.5. The Morgan fingerprint density at radius 1 is 0.837 bits per heavy atom. The molecule has 0 unspecified atom stereocenters. The van der Waals surface area contributed by atoms with Crippen LogP contribution < -0.4 is 10.5 Å². The van der Waals surface area contributed by atoms with Gasteiger partial charge in [-0.3, -0.25) is 10.1 Å². The number of hydrogen-bond acceptors (Lipinski definition) is 5. The molecular formula is C42H58N2O5. The number of aryl methyl sites for hydroxylation is 1. The minimum atomic E-state index is -1.32. The molecule has 3 aromatic carbocycles. The molecule has 1 aliphatic rings. The fourth-order valence-corrected chi connectivity index (χ4v) is 7.45. The van der Waals surface area contributed by atoms with E-state index in [2.05, 4.69) is 38.1 Å². The monoisotopic (exact) mass is 670 g/mol. The number of hydrogen-bond donors (Lipinski definition) is 2. The molecule has 1 aliphatic carbocycles. The van der Waals surface area contributed by atoms with Crippen LogP contribution in [0.25, 0.3) is 22.3 Å². The van der Waals surface area contributed by atoms with Crippen molar-refractivity contribution in [1.29, 1.82) is 0 Å². The van der Waals surface area contributed by atoms with Crippen LogP contribution in [0, 0.1) is 22.0 Å². The zero-order valence-corrected chi connectivity index (χ0v) is 30.1. The van der Waals surface area contributed by atoms with E-state index < -0.39 is 16.6 Å². The van der Waals surface area contributed by atoms with Crippen molar-refractivity contribution >= 4 is 17.3 Å². The van der Waals surface area contributed by atoms with Gasteiger partial charge in [-0.15, -0.1) is 0 Å². The average Bonchev–Trinajstić information content (AvgIpc) is 3.09. The molecule has 0 bridgehead atoms. The summed E-state index contributed by atoms with van der Waals surface area (Å²) in [6, 6.07) is 17.3. The van der Waals surface area contributed by atoms with E-state index in [0.717, 1.165) is 67.6 Å². The summed E-state index contributed by atoms with van der Waals surface area (Å²) in [5.41, 5.74) is 9.88. The van der Waals surface area contributed by atoms with E-state index in [1.165, 1.54) is 76.2 Å². The Labute approximate surface area is 293 Å². The third kappa shape index (κ3) is 11.1. The van der Waals surface area contributed by atoms with Gasteiger partial charge in [0.25, 0.3) is 0 Å². The van der Waals surface area contributed by atoms with Gasteiger partial charge < -0.3 is 15.6 Å². The fourth-order valence-electron chi connectivity index (χ4n) is 7.45. The number of carboxylic acid groups (broad SMARTS) is 1. The number of ether oxygens (including phenoxy) is 1. The number of nitrogens with two attached hydrogens (primary N) is 1. The van der Waals surface area contributed by atoms with Crippen molar-refractivity contribution in [3.63, 3.8) is 0 Å². The van der Waals surface area contributed by atoms with Gasteiger partial charge in [-0.05, 0) is 66.7 Å². The molecule has 4 rings (SSSR count). The summed E-state index contributed by atoms with van der Waals surface area (Å²) in [4.78, 5) is 23.6. The van der Waals surface area contributed by atoms with Crippen LogP contribution in [0.5, 0.6) is 5.75 Å². The summed E-state index contributed by atoms with van der Waals surface area (Å²) < 4.78 is 6.20. The van der Waals surface area contributed by atoms with Crippen molar-refractivity contribution < 1.29 is 19.6 Å². The van der Waals surface area contributed by atoms with E-state index in [-0.39, 0.29) is 28.7 Å². The number of benzene rings is 3. The highest BCUT2D eigenvalue weighted by molar-refractivity contribution is 6.02. The van der Waals surface area contributed by atoms with Gasteiger partial charge in [-0.25, -0.2) is 4.79 Å². The summed E-state index contributed by atoms with van der Waals surface area (Å²) in [7, 11) is 0. The number of rotatable bonds is 20. The molecule has 7 heteroatoms. The predicted octanol–water partition coefficient (Wildman–Crippen LogP) is 12.0. The second-order valence-electron chi connectivity index (χ2n) is 14.3. The van der Waals surface area contributed by atoms with Gasteiger partial charge in [0.15, 0.2) is 0 Å². The molecular weight excluding hydrogens is 612 g/mol. The molecule has 266 valence electrons. The summed E-state index contributed by atoms with van der Waals surface area (Å²) in [5.74, 6) is 0.591. The van der Waals surface area contributed by atoms with Crippen molar-refractivity contribution in [2.45, 2.75) is 136 Å². The molecule has 0 radical (unpaired) electrons. The van der Waals surface area contributed by atoms with E-state index in [0.29, 0.717) is 5.56 Å². The first-order chi connectivity index (χ1) is 23.7. The molecule has 0 spiro atoms.